The van der Waals surface area contributed by atoms with Gasteiger partial charge in [-0.3, -0.25) is 0 Å². The summed E-state index contributed by atoms with van der Waals surface area (Å²) in [5.74, 6) is 1.88. The fourth-order valence-corrected chi connectivity index (χ4v) is 2.15. The van der Waals surface area contributed by atoms with Gasteiger partial charge in [0.25, 0.3) is 0 Å². The summed E-state index contributed by atoms with van der Waals surface area (Å²) in [4.78, 5) is 0. The standard InChI is InChI=1S/C8H16O2S/c1-7(9)5-11-6-8-3-2-4-10-8/h7-9H,2-6H2,1H3. The zero-order valence-corrected chi connectivity index (χ0v) is 7.77. The van der Waals surface area contributed by atoms with E-state index in [4.69, 9.17) is 9.84 Å². The van der Waals surface area contributed by atoms with E-state index >= 15 is 0 Å². The van der Waals surface area contributed by atoms with Crippen LogP contribution in [0.2, 0.25) is 0 Å². The lowest BCUT2D eigenvalue weighted by molar-refractivity contribution is 0.128. The van der Waals surface area contributed by atoms with Crippen molar-refractivity contribution in [1.82, 2.24) is 0 Å². The monoisotopic (exact) mass is 176 g/mol. The van der Waals surface area contributed by atoms with E-state index in [9.17, 15) is 0 Å². The molecule has 1 aliphatic heterocycles. The van der Waals surface area contributed by atoms with Crippen molar-refractivity contribution >= 4 is 11.8 Å². The van der Waals surface area contributed by atoms with Crippen LogP contribution in [-0.2, 0) is 4.74 Å². The van der Waals surface area contributed by atoms with Crippen LogP contribution in [0.3, 0.4) is 0 Å². The lowest BCUT2D eigenvalue weighted by Gasteiger charge is -2.09. The molecule has 1 saturated heterocycles. The van der Waals surface area contributed by atoms with Crippen LogP contribution in [0.1, 0.15) is 19.8 Å². The van der Waals surface area contributed by atoms with Crippen LogP contribution in [0, 0.1) is 0 Å². The van der Waals surface area contributed by atoms with Gasteiger partial charge in [-0.15, -0.1) is 0 Å². The molecule has 1 rings (SSSR count). The van der Waals surface area contributed by atoms with Gasteiger partial charge in [-0.05, 0) is 19.8 Å². The minimum absolute atomic E-state index is 0.179. The van der Waals surface area contributed by atoms with Gasteiger partial charge in [0.05, 0.1) is 12.2 Å². The largest absolute Gasteiger partial charge is 0.393 e. The highest BCUT2D eigenvalue weighted by atomic mass is 32.2. The molecule has 1 N–H and O–H groups in total. The smallest absolute Gasteiger partial charge is 0.0666 e. The van der Waals surface area contributed by atoms with Gasteiger partial charge in [0.15, 0.2) is 0 Å². The summed E-state index contributed by atoms with van der Waals surface area (Å²) in [5, 5.41) is 8.96. The Bertz CT molecular complexity index is 100. The topological polar surface area (TPSA) is 29.5 Å². The number of rotatable bonds is 4. The summed E-state index contributed by atoms with van der Waals surface area (Å²) >= 11 is 1.78. The Morgan fingerprint density at radius 2 is 2.55 bits per heavy atom. The maximum absolute atomic E-state index is 8.96. The van der Waals surface area contributed by atoms with Crippen molar-refractivity contribution < 1.29 is 9.84 Å². The summed E-state index contributed by atoms with van der Waals surface area (Å²) < 4.78 is 5.43. The number of hydrogen-bond donors (Lipinski definition) is 1. The molecule has 2 atom stereocenters. The lowest BCUT2D eigenvalue weighted by Crippen LogP contribution is -2.11. The van der Waals surface area contributed by atoms with Gasteiger partial charge in [0, 0.05) is 18.1 Å². The van der Waals surface area contributed by atoms with Gasteiger partial charge in [-0.2, -0.15) is 11.8 Å². The van der Waals surface area contributed by atoms with E-state index in [0.717, 1.165) is 18.1 Å². The highest BCUT2D eigenvalue weighted by Crippen LogP contribution is 2.17. The Kier molecular flexibility index (Phi) is 4.26. The molecule has 11 heavy (non-hydrogen) atoms. The quantitative estimate of drug-likeness (QED) is 0.699. The van der Waals surface area contributed by atoms with Crippen molar-refractivity contribution in [2.24, 2.45) is 0 Å². The van der Waals surface area contributed by atoms with Crippen LogP contribution < -0.4 is 0 Å². The maximum atomic E-state index is 8.96. The second-order valence-corrected chi connectivity index (χ2v) is 4.10. The van der Waals surface area contributed by atoms with E-state index in [1.54, 1.807) is 11.8 Å². The van der Waals surface area contributed by atoms with Gasteiger partial charge in [-0.25, -0.2) is 0 Å². The summed E-state index contributed by atoms with van der Waals surface area (Å²) in [6.07, 6.45) is 2.69. The first kappa shape index (κ1) is 9.36. The molecule has 2 nitrogen and oxygen atoms in total. The Hall–Kier alpha value is 0.270. The second-order valence-electron chi connectivity index (χ2n) is 3.02. The zero-order chi connectivity index (χ0) is 8.10. The van der Waals surface area contributed by atoms with Crippen LogP contribution >= 0.6 is 11.8 Å². The highest BCUT2D eigenvalue weighted by Gasteiger charge is 2.14. The highest BCUT2D eigenvalue weighted by molar-refractivity contribution is 7.99. The lowest BCUT2D eigenvalue weighted by atomic mass is 10.3. The fraction of sp³-hybridized carbons (Fsp3) is 1.00. The number of aliphatic hydroxyl groups is 1. The molecular weight excluding hydrogens is 160 g/mol. The number of ether oxygens (including phenoxy) is 1. The van der Waals surface area contributed by atoms with E-state index in [1.165, 1.54) is 12.8 Å². The van der Waals surface area contributed by atoms with E-state index in [1.807, 2.05) is 6.92 Å². The molecule has 66 valence electrons. The number of aliphatic hydroxyl groups excluding tert-OH is 1. The average molecular weight is 176 g/mol. The summed E-state index contributed by atoms with van der Waals surface area (Å²) in [5.41, 5.74) is 0. The Labute approximate surface area is 72.3 Å². The van der Waals surface area contributed by atoms with Crippen molar-refractivity contribution in [3.63, 3.8) is 0 Å². The SMILES string of the molecule is CC(O)CSCC1CCCO1. The van der Waals surface area contributed by atoms with Crippen LogP contribution in [0.4, 0.5) is 0 Å². The molecule has 0 aliphatic carbocycles. The first-order valence-corrected chi connectivity index (χ1v) is 5.32. The minimum Gasteiger partial charge on any atom is -0.393 e. The van der Waals surface area contributed by atoms with Crippen molar-refractivity contribution in [3.8, 4) is 0 Å². The van der Waals surface area contributed by atoms with E-state index in [-0.39, 0.29) is 6.10 Å². The Balaban J connectivity index is 1.94. The third-order valence-corrected chi connectivity index (χ3v) is 3.01. The molecule has 0 aromatic rings. The first-order chi connectivity index (χ1) is 5.29. The molecule has 0 saturated carbocycles. The fourth-order valence-electron chi connectivity index (χ4n) is 1.15. The molecule has 0 aromatic heterocycles. The summed E-state index contributed by atoms with van der Waals surface area (Å²) in [6.45, 7) is 2.75. The predicted octanol–water partition coefficient (Wildman–Crippen LogP) is 1.28. The molecule has 1 fully saturated rings. The predicted molar refractivity (Wildman–Crippen MR) is 48.0 cm³/mol. The molecule has 0 radical (unpaired) electrons. The second kappa shape index (κ2) is 5.01. The summed E-state index contributed by atoms with van der Waals surface area (Å²) in [6, 6.07) is 0. The molecule has 3 heteroatoms. The number of thioether (sulfide) groups is 1. The zero-order valence-electron chi connectivity index (χ0n) is 6.95. The van der Waals surface area contributed by atoms with Gasteiger partial charge >= 0.3 is 0 Å². The van der Waals surface area contributed by atoms with Gasteiger partial charge in [0.2, 0.25) is 0 Å². The van der Waals surface area contributed by atoms with Crippen LogP contribution in [0.5, 0.6) is 0 Å². The van der Waals surface area contributed by atoms with Crippen molar-refractivity contribution in [3.05, 3.63) is 0 Å². The molecule has 1 aliphatic rings. The molecule has 2 unspecified atom stereocenters. The minimum atomic E-state index is -0.179. The molecule has 0 amide bonds. The maximum Gasteiger partial charge on any atom is 0.0666 e. The van der Waals surface area contributed by atoms with Gasteiger partial charge < -0.3 is 9.84 Å². The summed E-state index contributed by atoms with van der Waals surface area (Å²) in [7, 11) is 0. The Morgan fingerprint density at radius 3 is 3.09 bits per heavy atom. The van der Waals surface area contributed by atoms with Crippen molar-refractivity contribution in [2.75, 3.05) is 18.1 Å². The van der Waals surface area contributed by atoms with Crippen LogP contribution in [0.25, 0.3) is 0 Å². The third kappa shape index (κ3) is 3.99. The van der Waals surface area contributed by atoms with E-state index in [0.29, 0.717) is 6.10 Å². The average Bonchev–Trinajstić information content (AvgIpc) is 2.39. The molecule has 0 aromatic carbocycles. The van der Waals surface area contributed by atoms with Gasteiger partial charge in [0.1, 0.15) is 0 Å². The molecule has 1 heterocycles. The first-order valence-electron chi connectivity index (χ1n) is 4.16. The van der Waals surface area contributed by atoms with Crippen molar-refractivity contribution in [2.45, 2.75) is 32.0 Å². The van der Waals surface area contributed by atoms with Crippen LogP contribution in [-0.4, -0.2) is 35.4 Å². The van der Waals surface area contributed by atoms with Crippen molar-refractivity contribution in [1.29, 1.82) is 0 Å². The molecule has 0 spiro atoms. The van der Waals surface area contributed by atoms with E-state index < -0.39 is 0 Å². The van der Waals surface area contributed by atoms with E-state index in [2.05, 4.69) is 0 Å². The molecule has 0 bridgehead atoms. The van der Waals surface area contributed by atoms with Gasteiger partial charge in [-0.1, -0.05) is 0 Å². The number of hydrogen-bond acceptors (Lipinski definition) is 3. The third-order valence-electron chi connectivity index (χ3n) is 1.69. The normalized spacial score (nSPS) is 27.3. The Morgan fingerprint density at radius 1 is 1.73 bits per heavy atom. The molecular formula is C8H16O2S. The van der Waals surface area contributed by atoms with Crippen LogP contribution in [0.15, 0.2) is 0 Å².